The Kier molecular flexibility index (Phi) is 5.65. The third-order valence-corrected chi connectivity index (χ3v) is 6.05. The van der Waals surface area contributed by atoms with Crippen LogP contribution in [-0.2, 0) is 6.42 Å². The molecule has 168 valence electrons. The van der Waals surface area contributed by atoms with Crippen LogP contribution in [0.5, 0.6) is 0 Å². The number of fused-ring (bicyclic) bond motifs is 1. The zero-order chi connectivity index (χ0) is 24.0. The van der Waals surface area contributed by atoms with Gasteiger partial charge in [0.1, 0.15) is 0 Å². The average molecular weight is 523 g/mol. The maximum atomic E-state index is 14.3. The standard InChI is InChI=1S/C24H14AsF4N5/c1-12-8-13(6-7-30-12)16-10-31-24(33-23(16)25)22-19-5-2-14(26)11-34(19)20(32-22)9-15-17(27)3-4-18(28)21(15)29/h2-8,10-11H,9H2,1H3. The maximum absolute atomic E-state index is 14.3. The molecule has 0 amide bonds. The number of benzene rings is 1. The fraction of sp³-hybridized carbons (Fsp3) is 0.0833. The van der Waals surface area contributed by atoms with E-state index in [1.54, 1.807) is 12.4 Å². The van der Waals surface area contributed by atoms with Crippen molar-refractivity contribution in [3.8, 4) is 22.6 Å². The predicted molar refractivity (Wildman–Crippen MR) is 119 cm³/mol. The summed E-state index contributed by atoms with van der Waals surface area (Å²) < 4.78 is 58.3. The average Bonchev–Trinajstić information content (AvgIpc) is 3.16. The minimum atomic E-state index is -1.31. The van der Waals surface area contributed by atoms with Crippen LogP contribution in [0.1, 0.15) is 17.1 Å². The quantitative estimate of drug-likeness (QED) is 0.202. The summed E-state index contributed by atoms with van der Waals surface area (Å²) in [6, 6.07) is 8.03. The second-order valence-corrected chi connectivity index (χ2v) is 8.48. The van der Waals surface area contributed by atoms with E-state index < -0.39 is 35.3 Å². The van der Waals surface area contributed by atoms with Gasteiger partial charge in [-0.1, -0.05) is 0 Å². The van der Waals surface area contributed by atoms with E-state index in [4.69, 9.17) is 0 Å². The molecule has 0 N–H and O–H groups in total. The Balaban J connectivity index is 1.63. The third kappa shape index (κ3) is 3.96. The molecule has 0 spiro atoms. The molecule has 0 saturated carbocycles. The molecule has 1 aromatic carbocycles. The summed E-state index contributed by atoms with van der Waals surface area (Å²) in [6.07, 6.45) is 4.08. The number of nitrogens with zero attached hydrogens (tertiary/aromatic N) is 5. The van der Waals surface area contributed by atoms with Gasteiger partial charge in [-0.05, 0) is 0 Å². The van der Waals surface area contributed by atoms with E-state index in [1.807, 2.05) is 19.1 Å². The van der Waals surface area contributed by atoms with Crippen molar-refractivity contribution in [2.75, 3.05) is 0 Å². The second kappa shape index (κ2) is 8.65. The summed E-state index contributed by atoms with van der Waals surface area (Å²) in [7, 11) is 0. The molecule has 5 aromatic rings. The Labute approximate surface area is 200 Å². The van der Waals surface area contributed by atoms with Crippen LogP contribution in [0.2, 0.25) is 0 Å². The first-order valence-corrected chi connectivity index (χ1v) is 11.0. The van der Waals surface area contributed by atoms with E-state index in [2.05, 4.69) is 36.8 Å². The van der Waals surface area contributed by atoms with E-state index in [1.165, 1.54) is 16.5 Å². The molecule has 0 saturated heterocycles. The molecule has 2 radical (unpaired) electrons. The molecule has 0 aliphatic rings. The second-order valence-electron chi connectivity index (χ2n) is 7.59. The predicted octanol–water partition coefficient (Wildman–Crippen LogP) is 4.10. The summed E-state index contributed by atoms with van der Waals surface area (Å²) in [5.74, 6) is -3.62. The van der Waals surface area contributed by atoms with Gasteiger partial charge < -0.3 is 0 Å². The van der Waals surface area contributed by atoms with Crippen LogP contribution in [0, 0.1) is 30.2 Å². The van der Waals surface area contributed by atoms with Gasteiger partial charge >= 0.3 is 200 Å². The van der Waals surface area contributed by atoms with Gasteiger partial charge in [0.25, 0.3) is 0 Å². The molecular formula is C24H14AsF4N5. The number of aryl methyl sites for hydroxylation is 1. The number of halogens is 4. The first kappa shape index (κ1) is 22.2. The first-order valence-electron chi connectivity index (χ1n) is 10.1. The van der Waals surface area contributed by atoms with Gasteiger partial charge in [0, 0.05) is 0 Å². The van der Waals surface area contributed by atoms with Crippen molar-refractivity contribution >= 4 is 26.9 Å². The van der Waals surface area contributed by atoms with E-state index in [0.29, 0.717) is 21.8 Å². The van der Waals surface area contributed by atoms with Gasteiger partial charge in [-0.3, -0.25) is 0 Å². The monoisotopic (exact) mass is 523 g/mol. The normalized spacial score (nSPS) is 11.4. The first-order chi connectivity index (χ1) is 16.3. The Bertz CT molecular complexity index is 1570. The molecule has 5 rings (SSSR count). The number of pyridine rings is 2. The summed E-state index contributed by atoms with van der Waals surface area (Å²) in [5.41, 5.74) is 2.76. The summed E-state index contributed by atoms with van der Waals surface area (Å²) in [6.45, 7) is 1.88. The number of hydrogen-bond acceptors (Lipinski definition) is 4. The molecule has 4 heterocycles. The molecular weight excluding hydrogens is 509 g/mol. The van der Waals surface area contributed by atoms with Gasteiger partial charge in [0.05, 0.1) is 0 Å². The zero-order valence-electron chi connectivity index (χ0n) is 17.6. The molecule has 0 unspecified atom stereocenters. The van der Waals surface area contributed by atoms with Gasteiger partial charge in [-0.2, -0.15) is 0 Å². The molecule has 4 aromatic heterocycles. The van der Waals surface area contributed by atoms with Crippen molar-refractivity contribution in [3.63, 3.8) is 0 Å². The minimum absolute atomic E-state index is 0.109. The summed E-state index contributed by atoms with van der Waals surface area (Å²) >= 11 is 2.37. The molecule has 34 heavy (non-hydrogen) atoms. The number of imidazole rings is 1. The van der Waals surface area contributed by atoms with E-state index in [-0.39, 0.29) is 11.6 Å². The zero-order valence-corrected chi connectivity index (χ0v) is 19.5. The Morgan fingerprint density at radius 3 is 2.50 bits per heavy atom. The third-order valence-electron chi connectivity index (χ3n) is 5.34. The molecule has 0 aliphatic heterocycles. The van der Waals surface area contributed by atoms with Crippen LogP contribution in [0.15, 0.2) is 55.0 Å². The van der Waals surface area contributed by atoms with Gasteiger partial charge in [-0.15, -0.1) is 0 Å². The van der Waals surface area contributed by atoms with Crippen LogP contribution in [0.4, 0.5) is 17.6 Å². The van der Waals surface area contributed by atoms with E-state index >= 15 is 0 Å². The van der Waals surface area contributed by atoms with Gasteiger partial charge in [-0.25, -0.2) is 0 Å². The Morgan fingerprint density at radius 1 is 0.941 bits per heavy atom. The topological polar surface area (TPSA) is 56.0 Å². The fourth-order valence-electron chi connectivity index (χ4n) is 3.70. The van der Waals surface area contributed by atoms with Crippen LogP contribution >= 0.6 is 0 Å². The summed E-state index contributed by atoms with van der Waals surface area (Å²) in [5, 5.41) is 0. The van der Waals surface area contributed by atoms with Crippen molar-refractivity contribution in [2.24, 2.45) is 0 Å². The van der Waals surface area contributed by atoms with E-state index in [9.17, 15) is 17.6 Å². The number of rotatable bonds is 4. The molecule has 0 bridgehead atoms. The van der Waals surface area contributed by atoms with Crippen molar-refractivity contribution in [1.29, 1.82) is 0 Å². The molecule has 0 fully saturated rings. The van der Waals surface area contributed by atoms with Crippen molar-refractivity contribution in [2.45, 2.75) is 13.3 Å². The molecule has 0 atom stereocenters. The molecule has 0 aliphatic carbocycles. The Morgan fingerprint density at radius 2 is 1.74 bits per heavy atom. The SMILES string of the molecule is Cc1cc(-c2cnc(-c3nc(Cc4c(F)ccc(F)c4F)n4cc(F)ccc34)nc2[As])ccn1. The van der Waals surface area contributed by atoms with Crippen molar-refractivity contribution in [1.82, 2.24) is 24.3 Å². The van der Waals surface area contributed by atoms with E-state index in [0.717, 1.165) is 29.1 Å². The van der Waals surface area contributed by atoms with Crippen molar-refractivity contribution in [3.05, 3.63) is 95.3 Å². The van der Waals surface area contributed by atoms with Crippen LogP contribution in [-0.4, -0.2) is 41.2 Å². The molecule has 10 heteroatoms. The number of hydrogen-bond donors (Lipinski definition) is 0. The number of aromatic nitrogens is 5. The molecule has 5 nitrogen and oxygen atoms in total. The van der Waals surface area contributed by atoms with Gasteiger partial charge in [0.2, 0.25) is 0 Å². The van der Waals surface area contributed by atoms with Crippen LogP contribution in [0.25, 0.3) is 28.2 Å². The van der Waals surface area contributed by atoms with Crippen molar-refractivity contribution < 1.29 is 17.6 Å². The van der Waals surface area contributed by atoms with Crippen LogP contribution < -0.4 is 4.48 Å². The summed E-state index contributed by atoms with van der Waals surface area (Å²) in [4.78, 5) is 17.6. The van der Waals surface area contributed by atoms with Gasteiger partial charge in [0.15, 0.2) is 0 Å². The Hall–Kier alpha value is -3.58. The fourth-order valence-corrected chi connectivity index (χ4v) is 4.29. The van der Waals surface area contributed by atoms with Crippen LogP contribution in [0.3, 0.4) is 0 Å².